The molecule has 8 heteroatoms. The second-order valence-corrected chi connectivity index (χ2v) is 12.0. The zero-order valence-electron chi connectivity index (χ0n) is 25.1. The van der Waals surface area contributed by atoms with Crippen LogP contribution >= 0.6 is 0 Å². The SMILES string of the molecule is CCCc1nc2c(cc1C(=O)O)C(=O)N(C1CCN(Cc3cc(C4CC4)c(-c4ccccc4F)cc3OCC)CC1)CC2. The lowest BCUT2D eigenvalue weighted by Gasteiger charge is -2.40. The molecule has 6 rings (SSSR count). The van der Waals surface area contributed by atoms with Crippen LogP contribution in [-0.2, 0) is 19.4 Å². The number of aromatic nitrogens is 1. The number of hydrogen-bond acceptors (Lipinski definition) is 5. The number of ether oxygens (including phenoxy) is 1. The third kappa shape index (κ3) is 6.03. The second-order valence-electron chi connectivity index (χ2n) is 12.0. The summed E-state index contributed by atoms with van der Waals surface area (Å²) in [4.78, 5) is 34.4. The number of carboxylic acid groups (broad SMARTS) is 1. The van der Waals surface area contributed by atoms with Gasteiger partial charge in [0.2, 0.25) is 0 Å². The van der Waals surface area contributed by atoms with Crippen molar-refractivity contribution in [2.45, 2.75) is 77.3 Å². The Morgan fingerprint density at radius 3 is 2.47 bits per heavy atom. The topological polar surface area (TPSA) is 83.0 Å². The molecule has 0 unspecified atom stereocenters. The fraction of sp³-hybridized carbons (Fsp3) is 0.457. The largest absolute Gasteiger partial charge is 0.494 e. The quantitative estimate of drug-likeness (QED) is 0.293. The molecule has 0 radical (unpaired) electrons. The predicted octanol–water partition coefficient (Wildman–Crippen LogP) is 6.48. The first-order valence-corrected chi connectivity index (χ1v) is 15.7. The molecule has 1 saturated carbocycles. The van der Waals surface area contributed by atoms with Gasteiger partial charge in [-0.3, -0.25) is 14.7 Å². The molecule has 1 amide bonds. The number of aryl methyl sites for hydroxylation is 1. The van der Waals surface area contributed by atoms with E-state index in [1.165, 1.54) is 11.6 Å². The molecule has 0 spiro atoms. The van der Waals surface area contributed by atoms with E-state index < -0.39 is 5.97 Å². The van der Waals surface area contributed by atoms with Gasteiger partial charge in [-0.15, -0.1) is 0 Å². The Hall–Kier alpha value is -3.78. The monoisotopic (exact) mass is 585 g/mol. The highest BCUT2D eigenvalue weighted by molar-refractivity contribution is 5.99. The molecule has 2 aromatic carbocycles. The van der Waals surface area contributed by atoms with Crippen molar-refractivity contribution in [3.05, 3.63) is 81.9 Å². The van der Waals surface area contributed by atoms with Crippen LogP contribution in [0.5, 0.6) is 5.75 Å². The van der Waals surface area contributed by atoms with Gasteiger partial charge in [0.05, 0.1) is 29.1 Å². The van der Waals surface area contributed by atoms with Gasteiger partial charge in [-0.25, -0.2) is 9.18 Å². The molecule has 1 N–H and O–H groups in total. The highest BCUT2D eigenvalue weighted by Crippen LogP contribution is 2.47. The first-order valence-electron chi connectivity index (χ1n) is 15.7. The minimum absolute atomic E-state index is 0.103. The van der Waals surface area contributed by atoms with E-state index in [1.807, 2.05) is 36.9 Å². The van der Waals surface area contributed by atoms with Crippen LogP contribution in [0.4, 0.5) is 4.39 Å². The van der Waals surface area contributed by atoms with Crippen molar-refractivity contribution in [1.82, 2.24) is 14.8 Å². The Morgan fingerprint density at radius 1 is 1.02 bits per heavy atom. The van der Waals surface area contributed by atoms with E-state index in [0.717, 1.165) is 74.3 Å². The summed E-state index contributed by atoms with van der Waals surface area (Å²) in [6.45, 7) is 7.53. The molecular formula is C35H40FN3O4. The summed E-state index contributed by atoms with van der Waals surface area (Å²) in [7, 11) is 0. The lowest BCUT2D eigenvalue weighted by atomic mass is 9.92. The Labute approximate surface area is 252 Å². The number of amides is 1. The van der Waals surface area contributed by atoms with Crippen LogP contribution in [0.25, 0.3) is 11.1 Å². The number of likely N-dealkylation sites (tertiary alicyclic amines) is 1. The van der Waals surface area contributed by atoms with E-state index in [9.17, 15) is 19.1 Å². The lowest BCUT2D eigenvalue weighted by Crippen LogP contribution is -2.50. The standard InChI is InChI=1S/C35H40FN3O4/c1-3-7-31-29(35(41)42)19-28-32(37-31)14-17-39(34(28)40)24-12-15-38(16-13-24)21-23-18-26(22-10-11-22)27(20-33(23)43-4-2)25-8-5-6-9-30(25)36/h5-6,8-9,18-20,22,24H,3-4,7,10-17,21H2,1-2H3,(H,41,42). The van der Waals surface area contributed by atoms with E-state index in [2.05, 4.69) is 16.0 Å². The molecule has 2 aliphatic heterocycles. The average molecular weight is 586 g/mol. The first kappa shape index (κ1) is 29.3. The third-order valence-electron chi connectivity index (χ3n) is 9.08. The number of rotatable bonds is 10. The average Bonchev–Trinajstić information content (AvgIpc) is 3.85. The summed E-state index contributed by atoms with van der Waals surface area (Å²) in [5.74, 6) is -0.0893. The summed E-state index contributed by atoms with van der Waals surface area (Å²) in [6, 6.07) is 12.9. The molecular weight excluding hydrogens is 545 g/mol. The molecule has 2 fully saturated rings. The number of carboxylic acids is 1. The Bertz CT molecular complexity index is 1530. The van der Waals surface area contributed by atoms with Crippen LogP contribution in [0.3, 0.4) is 0 Å². The van der Waals surface area contributed by atoms with Crippen LogP contribution < -0.4 is 4.74 Å². The van der Waals surface area contributed by atoms with Crippen molar-refractivity contribution >= 4 is 11.9 Å². The fourth-order valence-electron chi connectivity index (χ4n) is 6.75. The fourth-order valence-corrected chi connectivity index (χ4v) is 6.75. The number of halogens is 1. The molecule has 43 heavy (non-hydrogen) atoms. The molecule has 1 aliphatic carbocycles. The maximum absolute atomic E-state index is 14.8. The highest BCUT2D eigenvalue weighted by atomic mass is 19.1. The van der Waals surface area contributed by atoms with E-state index in [0.29, 0.717) is 48.7 Å². The second kappa shape index (κ2) is 12.4. The van der Waals surface area contributed by atoms with Crippen molar-refractivity contribution in [2.24, 2.45) is 0 Å². The van der Waals surface area contributed by atoms with Crippen molar-refractivity contribution in [3.8, 4) is 16.9 Å². The molecule has 1 aromatic heterocycles. The first-order chi connectivity index (χ1) is 20.9. The van der Waals surface area contributed by atoms with E-state index >= 15 is 0 Å². The molecule has 7 nitrogen and oxygen atoms in total. The number of pyridine rings is 1. The number of hydrogen-bond donors (Lipinski definition) is 1. The minimum atomic E-state index is -1.03. The van der Waals surface area contributed by atoms with Crippen LogP contribution in [-0.4, -0.2) is 64.0 Å². The third-order valence-corrected chi connectivity index (χ3v) is 9.08. The Morgan fingerprint density at radius 2 is 1.79 bits per heavy atom. The number of nitrogens with zero attached hydrogens (tertiary/aromatic N) is 3. The van der Waals surface area contributed by atoms with Crippen LogP contribution in [0.2, 0.25) is 0 Å². The van der Waals surface area contributed by atoms with Gasteiger partial charge in [-0.2, -0.15) is 0 Å². The number of fused-ring (bicyclic) bond motifs is 1. The van der Waals surface area contributed by atoms with E-state index in [1.54, 1.807) is 12.1 Å². The van der Waals surface area contributed by atoms with Gasteiger partial charge in [-0.05, 0) is 80.3 Å². The molecule has 3 aromatic rings. The molecule has 1 saturated heterocycles. The normalized spacial score (nSPS) is 17.7. The zero-order valence-corrected chi connectivity index (χ0v) is 25.1. The van der Waals surface area contributed by atoms with Gasteiger partial charge in [-0.1, -0.05) is 31.5 Å². The number of piperidine rings is 1. The van der Waals surface area contributed by atoms with Crippen molar-refractivity contribution in [2.75, 3.05) is 26.2 Å². The number of carbonyl (C=O) groups excluding carboxylic acids is 1. The highest BCUT2D eigenvalue weighted by Gasteiger charge is 2.35. The molecule has 3 heterocycles. The van der Waals surface area contributed by atoms with Crippen LogP contribution in [0, 0.1) is 5.82 Å². The van der Waals surface area contributed by atoms with Crippen LogP contribution in [0.15, 0.2) is 42.5 Å². The van der Waals surface area contributed by atoms with Gasteiger partial charge in [0, 0.05) is 49.8 Å². The van der Waals surface area contributed by atoms with E-state index in [4.69, 9.17) is 4.74 Å². The summed E-state index contributed by atoms with van der Waals surface area (Å²) in [6.07, 6.45) is 5.97. The smallest absolute Gasteiger partial charge is 0.337 e. The summed E-state index contributed by atoms with van der Waals surface area (Å²) >= 11 is 0. The van der Waals surface area contributed by atoms with Crippen molar-refractivity contribution < 1.29 is 23.8 Å². The van der Waals surface area contributed by atoms with Gasteiger partial charge in [0.25, 0.3) is 5.91 Å². The molecule has 0 bridgehead atoms. The Kier molecular flexibility index (Phi) is 8.48. The molecule has 0 atom stereocenters. The lowest BCUT2D eigenvalue weighted by molar-refractivity contribution is 0.0543. The number of carbonyl (C=O) groups is 2. The number of aromatic carboxylic acids is 1. The zero-order chi connectivity index (χ0) is 30.1. The molecule has 226 valence electrons. The summed E-state index contributed by atoms with van der Waals surface area (Å²) < 4.78 is 20.9. The molecule has 3 aliphatic rings. The summed E-state index contributed by atoms with van der Waals surface area (Å²) in [5.41, 5.74) is 5.75. The number of benzene rings is 2. The minimum Gasteiger partial charge on any atom is -0.494 e. The summed E-state index contributed by atoms with van der Waals surface area (Å²) in [5, 5.41) is 9.74. The predicted molar refractivity (Wildman–Crippen MR) is 163 cm³/mol. The van der Waals surface area contributed by atoms with Gasteiger partial charge in [0.1, 0.15) is 11.6 Å². The van der Waals surface area contributed by atoms with Crippen molar-refractivity contribution in [3.63, 3.8) is 0 Å². The van der Waals surface area contributed by atoms with Gasteiger partial charge in [0.15, 0.2) is 0 Å². The van der Waals surface area contributed by atoms with E-state index in [-0.39, 0.29) is 23.3 Å². The maximum Gasteiger partial charge on any atom is 0.337 e. The Balaban J connectivity index is 1.17. The van der Waals surface area contributed by atoms with Crippen molar-refractivity contribution in [1.29, 1.82) is 0 Å². The van der Waals surface area contributed by atoms with Crippen LogP contribution in [0.1, 0.15) is 95.1 Å². The van der Waals surface area contributed by atoms with Gasteiger partial charge >= 0.3 is 5.97 Å². The maximum atomic E-state index is 14.8. The van der Waals surface area contributed by atoms with Gasteiger partial charge < -0.3 is 14.7 Å².